The highest BCUT2D eigenvalue weighted by molar-refractivity contribution is 9.10. The summed E-state index contributed by atoms with van der Waals surface area (Å²) in [7, 11) is 0. The summed E-state index contributed by atoms with van der Waals surface area (Å²) in [6, 6.07) is 2.30. The molecule has 2 heterocycles. The van der Waals surface area contributed by atoms with Gasteiger partial charge in [-0.2, -0.15) is 0 Å². The van der Waals surface area contributed by atoms with Gasteiger partial charge in [0, 0.05) is 38.3 Å². The molecule has 0 aromatic carbocycles. The van der Waals surface area contributed by atoms with E-state index in [-0.39, 0.29) is 6.04 Å². The third-order valence-electron chi connectivity index (χ3n) is 2.19. The van der Waals surface area contributed by atoms with Gasteiger partial charge in [-0.05, 0) is 35.3 Å². The molecular weight excluding hydrogens is 304 g/mol. The molecule has 0 aliphatic heterocycles. The number of rotatable bonds is 4. The first-order valence-electron chi connectivity index (χ1n) is 5.03. The van der Waals surface area contributed by atoms with Crippen LogP contribution in [0.4, 0.5) is 0 Å². The Morgan fingerprint density at radius 3 is 2.75 bits per heavy atom. The number of nitrogens with two attached hydrogens (primary N) is 1. The average Bonchev–Trinajstić information content (AvgIpc) is 2.76. The first-order valence-corrected chi connectivity index (χ1v) is 7.58. The highest BCUT2D eigenvalue weighted by Gasteiger charge is 2.09. The number of aryl methyl sites for hydroxylation is 1. The van der Waals surface area contributed by atoms with Gasteiger partial charge in [-0.15, -0.1) is 22.7 Å². The topological polar surface area (TPSA) is 38.9 Å². The molecule has 0 radical (unpaired) electrons. The van der Waals surface area contributed by atoms with Crippen LogP contribution in [0.25, 0.3) is 0 Å². The minimum absolute atomic E-state index is 0.163. The van der Waals surface area contributed by atoms with Crippen LogP contribution in [0.3, 0.4) is 0 Å². The molecule has 0 spiro atoms. The van der Waals surface area contributed by atoms with Crippen LogP contribution in [0.1, 0.15) is 15.6 Å². The summed E-state index contributed by atoms with van der Waals surface area (Å²) in [6.45, 7) is 2.02. The minimum Gasteiger partial charge on any atom is -0.327 e. The third kappa shape index (κ3) is 3.38. The standard InChI is InChI=1S/C11H13BrN2S2/c1-7-5-16-11(14-7)4-9(13)3-10-2-8(12)6-15-10/h2,5-6,9H,3-4,13H2,1H3. The van der Waals surface area contributed by atoms with Gasteiger partial charge in [0.05, 0.1) is 5.01 Å². The van der Waals surface area contributed by atoms with E-state index in [1.165, 1.54) is 4.88 Å². The van der Waals surface area contributed by atoms with Crippen LogP contribution in [0.2, 0.25) is 0 Å². The van der Waals surface area contributed by atoms with Crippen molar-refractivity contribution in [1.82, 2.24) is 4.98 Å². The molecule has 2 N–H and O–H groups in total. The maximum absolute atomic E-state index is 6.11. The van der Waals surface area contributed by atoms with E-state index in [2.05, 4.69) is 37.7 Å². The maximum atomic E-state index is 6.11. The van der Waals surface area contributed by atoms with E-state index in [1.807, 2.05) is 6.92 Å². The Morgan fingerprint density at radius 1 is 1.38 bits per heavy atom. The number of aromatic nitrogens is 1. The van der Waals surface area contributed by atoms with Crippen LogP contribution < -0.4 is 5.73 Å². The van der Waals surface area contributed by atoms with Gasteiger partial charge >= 0.3 is 0 Å². The lowest BCUT2D eigenvalue weighted by atomic mass is 10.1. The normalized spacial score (nSPS) is 12.9. The molecule has 0 saturated heterocycles. The zero-order valence-corrected chi connectivity index (χ0v) is 12.2. The number of thiazole rings is 1. The van der Waals surface area contributed by atoms with Gasteiger partial charge in [-0.1, -0.05) is 0 Å². The highest BCUT2D eigenvalue weighted by Crippen LogP contribution is 2.21. The first-order chi connectivity index (χ1) is 7.63. The molecule has 1 unspecified atom stereocenters. The molecule has 0 aliphatic rings. The summed E-state index contributed by atoms with van der Waals surface area (Å²) in [5.74, 6) is 0. The number of nitrogens with zero attached hydrogens (tertiary/aromatic N) is 1. The summed E-state index contributed by atoms with van der Waals surface area (Å²) in [6.07, 6.45) is 1.79. The van der Waals surface area contributed by atoms with E-state index in [1.54, 1.807) is 22.7 Å². The van der Waals surface area contributed by atoms with Crippen molar-refractivity contribution in [2.75, 3.05) is 0 Å². The predicted molar refractivity (Wildman–Crippen MR) is 74.3 cm³/mol. The molecule has 2 aromatic heterocycles. The molecule has 0 bridgehead atoms. The molecule has 0 aliphatic carbocycles. The Labute approximate surface area is 112 Å². The summed E-state index contributed by atoms with van der Waals surface area (Å²) >= 11 is 6.90. The molecule has 0 amide bonds. The van der Waals surface area contributed by atoms with Gasteiger partial charge in [-0.25, -0.2) is 4.98 Å². The predicted octanol–water partition coefficient (Wildman–Crippen LogP) is 3.39. The van der Waals surface area contributed by atoms with Gasteiger partial charge in [-0.3, -0.25) is 0 Å². The average molecular weight is 317 g/mol. The molecular formula is C11H13BrN2S2. The molecule has 16 heavy (non-hydrogen) atoms. The second kappa shape index (κ2) is 5.40. The second-order valence-electron chi connectivity index (χ2n) is 3.78. The van der Waals surface area contributed by atoms with E-state index in [9.17, 15) is 0 Å². The lowest BCUT2D eigenvalue weighted by Gasteiger charge is -2.07. The van der Waals surface area contributed by atoms with Crippen molar-refractivity contribution in [1.29, 1.82) is 0 Å². The fourth-order valence-corrected chi connectivity index (χ4v) is 3.92. The Morgan fingerprint density at radius 2 is 2.19 bits per heavy atom. The highest BCUT2D eigenvalue weighted by atomic mass is 79.9. The van der Waals surface area contributed by atoms with Crippen LogP contribution in [-0.2, 0) is 12.8 Å². The lowest BCUT2D eigenvalue weighted by Crippen LogP contribution is -2.25. The van der Waals surface area contributed by atoms with Crippen LogP contribution in [0, 0.1) is 6.92 Å². The number of hydrogen-bond acceptors (Lipinski definition) is 4. The Hall–Kier alpha value is -0.230. The van der Waals surface area contributed by atoms with Crippen molar-refractivity contribution in [2.45, 2.75) is 25.8 Å². The molecule has 2 aromatic rings. The molecule has 2 nitrogen and oxygen atoms in total. The minimum atomic E-state index is 0.163. The van der Waals surface area contributed by atoms with Crippen molar-refractivity contribution in [3.05, 3.63) is 36.9 Å². The fraction of sp³-hybridized carbons (Fsp3) is 0.364. The molecule has 1 atom stereocenters. The second-order valence-corrected chi connectivity index (χ2v) is 6.64. The molecule has 5 heteroatoms. The van der Waals surface area contributed by atoms with Crippen molar-refractivity contribution in [3.8, 4) is 0 Å². The Kier molecular flexibility index (Phi) is 4.13. The van der Waals surface area contributed by atoms with Gasteiger partial charge < -0.3 is 5.73 Å². The quantitative estimate of drug-likeness (QED) is 0.939. The summed E-state index contributed by atoms with van der Waals surface area (Å²) in [5.41, 5.74) is 7.20. The van der Waals surface area contributed by atoms with Gasteiger partial charge in [0.25, 0.3) is 0 Å². The maximum Gasteiger partial charge on any atom is 0.0943 e. The lowest BCUT2D eigenvalue weighted by molar-refractivity contribution is 0.667. The first kappa shape index (κ1) is 12.2. The molecule has 2 rings (SSSR count). The van der Waals surface area contributed by atoms with Crippen LogP contribution in [0.5, 0.6) is 0 Å². The zero-order valence-electron chi connectivity index (χ0n) is 8.94. The summed E-state index contributed by atoms with van der Waals surface area (Å²) < 4.78 is 1.14. The Balaban J connectivity index is 1.91. The largest absolute Gasteiger partial charge is 0.327 e. The van der Waals surface area contributed by atoms with Crippen LogP contribution >= 0.6 is 38.6 Å². The molecule has 0 saturated carbocycles. The van der Waals surface area contributed by atoms with Crippen molar-refractivity contribution < 1.29 is 0 Å². The van der Waals surface area contributed by atoms with Crippen LogP contribution in [0.15, 0.2) is 21.3 Å². The number of hydrogen-bond donors (Lipinski definition) is 1. The van der Waals surface area contributed by atoms with Gasteiger partial charge in [0.15, 0.2) is 0 Å². The van der Waals surface area contributed by atoms with Gasteiger partial charge in [0.1, 0.15) is 0 Å². The van der Waals surface area contributed by atoms with E-state index < -0.39 is 0 Å². The fourth-order valence-electron chi connectivity index (χ4n) is 1.51. The van der Waals surface area contributed by atoms with Crippen molar-refractivity contribution in [3.63, 3.8) is 0 Å². The molecule has 0 fully saturated rings. The van der Waals surface area contributed by atoms with E-state index in [4.69, 9.17) is 5.73 Å². The Bertz CT molecular complexity index is 422. The van der Waals surface area contributed by atoms with Crippen molar-refractivity contribution >= 4 is 38.6 Å². The molecule has 86 valence electrons. The third-order valence-corrected chi connectivity index (χ3v) is 4.90. The number of halogens is 1. The zero-order chi connectivity index (χ0) is 11.5. The summed E-state index contributed by atoms with van der Waals surface area (Å²) in [5, 5.41) is 5.31. The number of thiophene rings is 1. The monoisotopic (exact) mass is 316 g/mol. The van der Waals surface area contributed by atoms with E-state index in [0.717, 1.165) is 28.0 Å². The van der Waals surface area contributed by atoms with E-state index >= 15 is 0 Å². The van der Waals surface area contributed by atoms with Crippen LogP contribution in [-0.4, -0.2) is 11.0 Å². The van der Waals surface area contributed by atoms with Gasteiger partial charge in [0.2, 0.25) is 0 Å². The van der Waals surface area contributed by atoms with E-state index in [0.29, 0.717) is 0 Å². The summed E-state index contributed by atoms with van der Waals surface area (Å²) in [4.78, 5) is 5.76. The SMILES string of the molecule is Cc1csc(CC(N)Cc2cc(Br)cs2)n1. The van der Waals surface area contributed by atoms with Crippen molar-refractivity contribution in [2.24, 2.45) is 5.73 Å². The smallest absolute Gasteiger partial charge is 0.0943 e.